The van der Waals surface area contributed by atoms with Crippen LogP contribution in [0.3, 0.4) is 0 Å². The fourth-order valence-corrected chi connectivity index (χ4v) is 1.14. The molecule has 0 bridgehead atoms. The first-order valence-corrected chi connectivity index (χ1v) is 4.10. The standard InChI is InChI=1S/C10H10N2O2/c1-7(13)12-10-8(5-6-11)3-2-4-9(10)14/h2-4,14H,5H2,1H3,(H,12,13). The molecule has 0 atom stereocenters. The molecule has 0 saturated heterocycles. The summed E-state index contributed by atoms with van der Waals surface area (Å²) in [5, 5.41) is 20.5. The number of nitrogens with one attached hydrogen (secondary N) is 1. The zero-order chi connectivity index (χ0) is 10.6. The summed E-state index contributed by atoms with van der Waals surface area (Å²) in [6.45, 7) is 1.35. The predicted molar refractivity (Wildman–Crippen MR) is 51.7 cm³/mol. The topological polar surface area (TPSA) is 73.1 Å². The van der Waals surface area contributed by atoms with Gasteiger partial charge in [0.2, 0.25) is 5.91 Å². The minimum absolute atomic E-state index is 0.0204. The summed E-state index contributed by atoms with van der Waals surface area (Å²) < 4.78 is 0. The Kier molecular flexibility index (Phi) is 3.08. The molecule has 0 unspecified atom stereocenters. The molecule has 4 nitrogen and oxygen atoms in total. The van der Waals surface area contributed by atoms with Crippen LogP contribution in [-0.2, 0) is 11.2 Å². The summed E-state index contributed by atoms with van der Waals surface area (Å²) in [4.78, 5) is 10.8. The van der Waals surface area contributed by atoms with Crippen molar-refractivity contribution >= 4 is 11.6 Å². The summed E-state index contributed by atoms with van der Waals surface area (Å²) in [5.74, 6) is -0.293. The molecule has 0 aliphatic rings. The van der Waals surface area contributed by atoms with E-state index in [-0.39, 0.29) is 18.1 Å². The second-order valence-electron chi connectivity index (χ2n) is 2.83. The van der Waals surface area contributed by atoms with Crippen LogP contribution in [0, 0.1) is 11.3 Å². The quantitative estimate of drug-likeness (QED) is 0.692. The molecule has 0 heterocycles. The van der Waals surface area contributed by atoms with Crippen LogP contribution in [0.15, 0.2) is 18.2 Å². The van der Waals surface area contributed by atoms with Crippen molar-refractivity contribution in [1.82, 2.24) is 0 Å². The SMILES string of the molecule is CC(=O)Nc1c(O)cccc1CC#N. The van der Waals surface area contributed by atoms with E-state index >= 15 is 0 Å². The lowest BCUT2D eigenvalue weighted by Gasteiger charge is -2.08. The van der Waals surface area contributed by atoms with Gasteiger partial charge in [0.15, 0.2) is 0 Å². The Labute approximate surface area is 81.8 Å². The van der Waals surface area contributed by atoms with Crippen LogP contribution in [0.5, 0.6) is 5.75 Å². The highest BCUT2D eigenvalue weighted by atomic mass is 16.3. The molecule has 0 spiro atoms. The van der Waals surface area contributed by atoms with Crippen LogP contribution in [-0.4, -0.2) is 11.0 Å². The lowest BCUT2D eigenvalue weighted by atomic mass is 10.1. The van der Waals surface area contributed by atoms with E-state index in [0.717, 1.165) is 0 Å². The third kappa shape index (κ3) is 2.23. The van der Waals surface area contributed by atoms with Crippen molar-refractivity contribution in [2.24, 2.45) is 0 Å². The highest BCUT2D eigenvalue weighted by Crippen LogP contribution is 2.27. The van der Waals surface area contributed by atoms with Crippen molar-refractivity contribution in [3.63, 3.8) is 0 Å². The number of nitrogens with zero attached hydrogens (tertiary/aromatic N) is 1. The number of benzene rings is 1. The van der Waals surface area contributed by atoms with Crippen LogP contribution in [0.1, 0.15) is 12.5 Å². The van der Waals surface area contributed by atoms with Gasteiger partial charge >= 0.3 is 0 Å². The number of anilines is 1. The van der Waals surface area contributed by atoms with Gasteiger partial charge in [-0.1, -0.05) is 12.1 Å². The van der Waals surface area contributed by atoms with Gasteiger partial charge in [-0.3, -0.25) is 4.79 Å². The number of phenolic OH excluding ortho intramolecular Hbond substituents is 1. The molecule has 14 heavy (non-hydrogen) atoms. The minimum atomic E-state index is -0.273. The fourth-order valence-electron chi connectivity index (χ4n) is 1.14. The Morgan fingerprint density at radius 3 is 2.93 bits per heavy atom. The summed E-state index contributed by atoms with van der Waals surface area (Å²) in [7, 11) is 0. The molecule has 0 fully saturated rings. The van der Waals surface area contributed by atoms with Crippen LogP contribution in [0.25, 0.3) is 0 Å². The minimum Gasteiger partial charge on any atom is -0.506 e. The molecule has 0 aliphatic carbocycles. The number of hydrogen-bond acceptors (Lipinski definition) is 3. The monoisotopic (exact) mass is 190 g/mol. The second kappa shape index (κ2) is 4.28. The van der Waals surface area contributed by atoms with E-state index in [0.29, 0.717) is 11.3 Å². The Morgan fingerprint density at radius 1 is 1.64 bits per heavy atom. The highest BCUT2D eigenvalue weighted by Gasteiger charge is 2.07. The van der Waals surface area contributed by atoms with Crippen molar-refractivity contribution < 1.29 is 9.90 Å². The van der Waals surface area contributed by atoms with Gasteiger partial charge in [-0.05, 0) is 11.6 Å². The molecular formula is C10H10N2O2. The molecule has 72 valence electrons. The molecule has 1 amide bonds. The number of phenols is 1. The second-order valence-corrected chi connectivity index (χ2v) is 2.83. The van der Waals surface area contributed by atoms with Gasteiger partial charge in [0, 0.05) is 6.92 Å². The first kappa shape index (κ1) is 10.1. The maximum absolute atomic E-state index is 10.8. The van der Waals surface area contributed by atoms with Crippen LogP contribution >= 0.6 is 0 Å². The van der Waals surface area contributed by atoms with Crippen molar-refractivity contribution in [2.75, 3.05) is 5.32 Å². The normalized spacial score (nSPS) is 9.14. The lowest BCUT2D eigenvalue weighted by molar-refractivity contribution is -0.114. The molecule has 0 saturated carbocycles. The van der Waals surface area contributed by atoms with E-state index in [1.807, 2.05) is 6.07 Å². The third-order valence-corrected chi connectivity index (χ3v) is 1.70. The summed E-state index contributed by atoms with van der Waals surface area (Å²) >= 11 is 0. The van der Waals surface area contributed by atoms with Crippen LogP contribution in [0.2, 0.25) is 0 Å². The number of amides is 1. The smallest absolute Gasteiger partial charge is 0.221 e. The third-order valence-electron chi connectivity index (χ3n) is 1.70. The average Bonchev–Trinajstić information content (AvgIpc) is 2.11. The molecule has 1 rings (SSSR count). The van der Waals surface area contributed by atoms with Gasteiger partial charge in [-0.2, -0.15) is 5.26 Å². The zero-order valence-electron chi connectivity index (χ0n) is 7.74. The Bertz CT molecular complexity index is 394. The van der Waals surface area contributed by atoms with Crippen molar-refractivity contribution in [1.29, 1.82) is 5.26 Å². The van der Waals surface area contributed by atoms with Crippen LogP contribution < -0.4 is 5.32 Å². The molecular weight excluding hydrogens is 180 g/mol. The Hall–Kier alpha value is -2.02. The summed E-state index contributed by atoms with van der Waals surface area (Å²) in [6.07, 6.45) is 0.157. The molecule has 1 aromatic carbocycles. The van der Waals surface area contributed by atoms with E-state index in [9.17, 15) is 9.90 Å². The van der Waals surface area contributed by atoms with Crippen molar-refractivity contribution in [3.8, 4) is 11.8 Å². The zero-order valence-corrected chi connectivity index (χ0v) is 7.74. The van der Waals surface area contributed by atoms with Gasteiger partial charge < -0.3 is 10.4 Å². The average molecular weight is 190 g/mol. The van der Waals surface area contributed by atoms with Crippen molar-refractivity contribution in [3.05, 3.63) is 23.8 Å². The number of rotatable bonds is 2. The first-order chi connectivity index (χ1) is 6.65. The number of hydrogen-bond donors (Lipinski definition) is 2. The predicted octanol–water partition coefficient (Wildman–Crippen LogP) is 1.42. The maximum atomic E-state index is 10.8. The molecule has 1 aromatic rings. The van der Waals surface area contributed by atoms with Gasteiger partial charge in [0.25, 0.3) is 0 Å². The fraction of sp³-hybridized carbons (Fsp3) is 0.200. The lowest BCUT2D eigenvalue weighted by Crippen LogP contribution is -2.08. The largest absolute Gasteiger partial charge is 0.506 e. The van der Waals surface area contributed by atoms with E-state index in [1.165, 1.54) is 13.0 Å². The van der Waals surface area contributed by atoms with Gasteiger partial charge in [-0.15, -0.1) is 0 Å². The number of para-hydroxylation sites is 1. The van der Waals surface area contributed by atoms with Crippen LogP contribution in [0.4, 0.5) is 5.69 Å². The van der Waals surface area contributed by atoms with Gasteiger partial charge in [0.1, 0.15) is 5.75 Å². The Morgan fingerprint density at radius 2 is 2.36 bits per heavy atom. The Balaban J connectivity index is 3.09. The molecule has 4 heteroatoms. The van der Waals surface area contributed by atoms with Gasteiger partial charge in [-0.25, -0.2) is 0 Å². The van der Waals surface area contributed by atoms with Gasteiger partial charge in [0.05, 0.1) is 18.2 Å². The van der Waals surface area contributed by atoms with E-state index in [4.69, 9.17) is 5.26 Å². The molecule has 0 aliphatic heterocycles. The molecule has 0 radical (unpaired) electrons. The number of aromatic hydroxyl groups is 1. The van der Waals surface area contributed by atoms with E-state index in [1.54, 1.807) is 12.1 Å². The summed E-state index contributed by atoms with van der Waals surface area (Å²) in [6, 6.07) is 6.75. The number of carbonyl (C=O) groups excluding carboxylic acids is 1. The van der Waals surface area contributed by atoms with Crippen molar-refractivity contribution in [2.45, 2.75) is 13.3 Å². The first-order valence-electron chi connectivity index (χ1n) is 4.10. The molecule has 0 aromatic heterocycles. The summed E-state index contributed by atoms with van der Waals surface area (Å²) in [5.41, 5.74) is 0.934. The van der Waals surface area contributed by atoms with E-state index in [2.05, 4.69) is 5.32 Å². The maximum Gasteiger partial charge on any atom is 0.221 e. The molecule has 2 N–H and O–H groups in total. The van der Waals surface area contributed by atoms with E-state index < -0.39 is 0 Å². The number of carbonyl (C=O) groups is 1. The highest BCUT2D eigenvalue weighted by molar-refractivity contribution is 5.91. The number of nitriles is 1.